The number of rotatable bonds is 3. The minimum absolute atomic E-state index is 0.0839. The molecule has 1 aromatic heterocycles. The van der Waals surface area contributed by atoms with E-state index in [0.717, 1.165) is 22.3 Å². The number of carbonyl (C=O) groups excluding carboxylic acids is 1. The zero-order valence-corrected chi connectivity index (χ0v) is 11.2. The number of nitrogens with zero attached hydrogens (tertiary/aromatic N) is 1. The molecule has 0 amide bonds. The molecule has 92 valence electrons. The van der Waals surface area contributed by atoms with E-state index in [9.17, 15) is 4.79 Å². The molecule has 2 aromatic rings. The third-order valence-corrected chi connectivity index (χ3v) is 3.23. The van der Waals surface area contributed by atoms with Crippen molar-refractivity contribution in [1.82, 2.24) is 4.98 Å². The molecule has 0 radical (unpaired) electrons. The van der Waals surface area contributed by atoms with Crippen LogP contribution in [0.1, 0.15) is 27.0 Å². The van der Waals surface area contributed by atoms with E-state index in [4.69, 9.17) is 11.6 Å². The lowest BCUT2D eigenvalue weighted by Crippen LogP contribution is -2.06. The van der Waals surface area contributed by atoms with Crippen LogP contribution in [0.4, 0.5) is 0 Å². The van der Waals surface area contributed by atoms with E-state index in [1.165, 1.54) is 0 Å². The Morgan fingerprint density at radius 3 is 2.72 bits per heavy atom. The summed E-state index contributed by atoms with van der Waals surface area (Å²) in [4.78, 5) is 16.1. The molecule has 3 heteroatoms. The Bertz CT molecular complexity index is 593. The molecule has 0 saturated carbocycles. The van der Waals surface area contributed by atoms with Gasteiger partial charge in [0.1, 0.15) is 0 Å². The van der Waals surface area contributed by atoms with Gasteiger partial charge in [0.2, 0.25) is 0 Å². The number of aromatic nitrogens is 1. The molecule has 0 unspecified atom stereocenters. The largest absolute Gasteiger partial charge is 0.294 e. The van der Waals surface area contributed by atoms with Gasteiger partial charge in [-0.1, -0.05) is 35.4 Å². The molecular formula is C15H14ClNO. The van der Waals surface area contributed by atoms with Crippen LogP contribution in [0.5, 0.6) is 0 Å². The lowest BCUT2D eigenvalue weighted by Gasteiger charge is -2.07. The van der Waals surface area contributed by atoms with Crippen molar-refractivity contribution in [3.05, 3.63) is 63.9 Å². The second kappa shape index (κ2) is 5.32. The number of Topliss-reactive ketones (excluding diaryl/α,β-unsaturated/α-hetero) is 1. The van der Waals surface area contributed by atoms with E-state index >= 15 is 0 Å². The monoisotopic (exact) mass is 259 g/mol. The van der Waals surface area contributed by atoms with Crippen LogP contribution < -0.4 is 0 Å². The van der Waals surface area contributed by atoms with Gasteiger partial charge in [0.15, 0.2) is 5.78 Å². The van der Waals surface area contributed by atoms with E-state index < -0.39 is 0 Å². The van der Waals surface area contributed by atoms with Gasteiger partial charge >= 0.3 is 0 Å². The van der Waals surface area contributed by atoms with Crippen LogP contribution in [0.15, 0.2) is 36.7 Å². The molecule has 0 fully saturated rings. The number of benzene rings is 1. The minimum Gasteiger partial charge on any atom is -0.294 e. The number of hydrogen-bond acceptors (Lipinski definition) is 2. The van der Waals surface area contributed by atoms with Gasteiger partial charge in [-0.05, 0) is 31.0 Å². The van der Waals surface area contributed by atoms with Gasteiger partial charge in [-0.3, -0.25) is 9.78 Å². The summed E-state index contributed by atoms with van der Waals surface area (Å²) >= 11 is 6.01. The number of halogens is 1. The van der Waals surface area contributed by atoms with E-state index in [1.807, 2.05) is 32.0 Å². The standard InChI is InChI=1S/C15H14ClNO/c1-10-3-4-13(11(2)7-10)15(18)8-12-5-6-17-9-14(12)16/h3-7,9H,8H2,1-2H3. The highest BCUT2D eigenvalue weighted by atomic mass is 35.5. The lowest BCUT2D eigenvalue weighted by atomic mass is 9.98. The van der Waals surface area contributed by atoms with Gasteiger partial charge in [0.25, 0.3) is 0 Å². The van der Waals surface area contributed by atoms with Crippen molar-refractivity contribution in [3.8, 4) is 0 Å². The number of hydrogen-bond donors (Lipinski definition) is 0. The third-order valence-electron chi connectivity index (χ3n) is 2.89. The summed E-state index contributed by atoms with van der Waals surface area (Å²) in [6.07, 6.45) is 3.52. The van der Waals surface area contributed by atoms with E-state index in [2.05, 4.69) is 4.98 Å². The van der Waals surface area contributed by atoms with E-state index in [0.29, 0.717) is 11.4 Å². The molecule has 0 atom stereocenters. The summed E-state index contributed by atoms with van der Waals surface area (Å²) in [5.41, 5.74) is 3.74. The fraction of sp³-hybridized carbons (Fsp3) is 0.200. The number of pyridine rings is 1. The van der Waals surface area contributed by atoms with Crippen LogP contribution in [0.3, 0.4) is 0 Å². The average molecular weight is 260 g/mol. The van der Waals surface area contributed by atoms with Crippen LogP contribution in [0.25, 0.3) is 0 Å². The zero-order chi connectivity index (χ0) is 13.1. The molecule has 0 N–H and O–H groups in total. The van der Waals surface area contributed by atoms with Crippen LogP contribution in [0, 0.1) is 13.8 Å². The first-order valence-electron chi connectivity index (χ1n) is 5.77. The summed E-state index contributed by atoms with van der Waals surface area (Å²) in [5.74, 6) is 0.0839. The van der Waals surface area contributed by atoms with Crippen molar-refractivity contribution >= 4 is 17.4 Å². The molecule has 2 rings (SSSR count). The van der Waals surface area contributed by atoms with Gasteiger partial charge in [-0.15, -0.1) is 0 Å². The van der Waals surface area contributed by atoms with Crippen LogP contribution in [-0.4, -0.2) is 10.8 Å². The number of aryl methyl sites for hydroxylation is 2. The predicted octanol–water partition coefficient (Wildman–Crippen LogP) is 3.78. The first-order valence-corrected chi connectivity index (χ1v) is 6.14. The Balaban J connectivity index is 2.25. The topological polar surface area (TPSA) is 30.0 Å². The SMILES string of the molecule is Cc1ccc(C(=O)Cc2ccncc2Cl)c(C)c1. The minimum atomic E-state index is 0.0839. The first kappa shape index (κ1) is 12.8. The fourth-order valence-electron chi connectivity index (χ4n) is 1.94. The summed E-state index contributed by atoms with van der Waals surface area (Å²) in [7, 11) is 0. The number of ketones is 1. The second-order valence-electron chi connectivity index (χ2n) is 4.39. The molecular weight excluding hydrogens is 246 g/mol. The van der Waals surface area contributed by atoms with E-state index in [-0.39, 0.29) is 5.78 Å². The second-order valence-corrected chi connectivity index (χ2v) is 4.79. The van der Waals surface area contributed by atoms with Gasteiger partial charge in [-0.25, -0.2) is 0 Å². The molecule has 1 heterocycles. The van der Waals surface area contributed by atoms with Crippen molar-refractivity contribution in [3.63, 3.8) is 0 Å². The normalized spacial score (nSPS) is 10.4. The molecule has 1 aromatic carbocycles. The molecule has 18 heavy (non-hydrogen) atoms. The molecule has 0 saturated heterocycles. The average Bonchev–Trinajstić information content (AvgIpc) is 2.32. The maximum absolute atomic E-state index is 12.2. The molecule has 0 aliphatic carbocycles. The maximum Gasteiger partial charge on any atom is 0.167 e. The first-order chi connectivity index (χ1) is 8.58. The Morgan fingerprint density at radius 2 is 2.06 bits per heavy atom. The highest BCUT2D eigenvalue weighted by Gasteiger charge is 2.11. The molecule has 2 nitrogen and oxygen atoms in total. The van der Waals surface area contributed by atoms with Crippen molar-refractivity contribution < 1.29 is 4.79 Å². The smallest absolute Gasteiger partial charge is 0.167 e. The maximum atomic E-state index is 12.2. The third kappa shape index (κ3) is 2.77. The summed E-state index contributed by atoms with van der Waals surface area (Å²) in [6.45, 7) is 3.97. The Morgan fingerprint density at radius 1 is 1.28 bits per heavy atom. The molecule has 0 spiro atoms. The summed E-state index contributed by atoms with van der Waals surface area (Å²) in [5, 5.41) is 0.538. The fourth-order valence-corrected chi connectivity index (χ4v) is 2.13. The van der Waals surface area contributed by atoms with Crippen LogP contribution in [-0.2, 0) is 6.42 Å². The van der Waals surface area contributed by atoms with Crippen LogP contribution in [0.2, 0.25) is 5.02 Å². The van der Waals surface area contributed by atoms with Crippen molar-refractivity contribution in [2.24, 2.45) is 0 Å². The molecule has 0 bridgehead atoms. The van der Waals surface area contributed by atoms with Crippen molar-refractivity contribution in [1.29, 1.82) is 0 Å². The number of carbonyl (C=O) groups is 1. The summed E-state index contributed by atoms with van der Waals surface area (Å²) in [6, 6.07) is 7.63. The van der Waals surface area contributed by atoms with Crippen LogP contribution >= 0.6 is 11.6 Å². The predicted molar refractivity (Wildman–Crippen MR) is 73.2 cm³/mol. The Labute approximate surface area is 112 Å². The van der Waals surface area contributed by atoms with Gasteiger partial charge < -0.3 is 0 Å². The highest BCUT2D eigenvalue weighted by molar-refractivity contribution is 6.31. The van der Waals surface area contributed by atoms with Crippen molar-refractivity contribution in [2.75, 3.05) is 0 Å². The molecule has 0 aliphatic heterocycles. The van der Waals surface area contributed by atoms with E-state index in [1.54, 1.807) is 18.5 Å². The van der Waals surface area contributed by atoms with Gasteiger partial charge in [0, 0.05) is 24.4 Å². The van der Waals surface area contributed by atoms with Gasteiger partial charge in [0.05, 0.1) is 5.02 Å². The lowest BCUT2D eigenvalue weighted by molar-refractivity contribution is 0.0992. The highest BCUT2D eigenvalue weighted by Crippen LogP contribution is 2.18. The Kier molecular flexibility index (Phi) is 3.78. The Hall–Kier alpha value is -1.67. The zero-order valence-electron chi connectivity index (χ0n) is 10.4. The molecule has 0 aliphatic rings. The van der Waals surface area contributed by atoms with Crippen molar-refractivity contribution in [2.45, 2.75) is 20.3 Å². The van der Waals surface area contributed by atoms with Gasteiger partial charge in [-0.2, -0.15) is 0 Å². The quantitative estimate of drug-likeness (QED) is 0.786. The summed E-state index contributed by atoms with van der Waals surface area (Å²) < 4.78 is 0.